The van der Waals surface area contributed by atoms with E-state index in [-0.39, 0.29) is 18.4 Å². The number of carbonyl (C=O) groups excluding carboxylic acids is 2. The molecule has 0 radical (unpaired) electrons. The summed E-state index contributed by atoms with van der Waals surface area (Å²) < 4.78 is 1.44. The molecule has 1 aromatic carbocycles. The normalized spacial score (nSPS) is 10.2. The van der Waals surface area contributed by atoms with E-state index in [4.69, 9.17) is 11.6 Å². The smallest absolute Gasteiger partial charge is 0.251 e. The Bertz CT molecular complexity index is 654. The molecule has 0 aliphatic carbocycles. The summed E-state index contributed by atoms with van der Waals surface area (Å²) in [5.41, 5.74) is 1.05. The van der Waals surface area contributed by atoms with Gasteiger partial charge >= 0.3 is 0 Å². The van der Waals surface area contributed by atoms with Crippen molar-refractivity contribution in [1.29, 1.82) is 0 Å². The number of amides is 2. The van der Waals surface area contributed by atoms with Crippen molar-refractivity contribution in [1.82, 2.24) is 15.1 Å². The molecule has 1 aromatic heterocycles. The molecule has 2 N–H and O–H groups in total. The maximum Gasteiger partial charge on any atom is 0.251 e. The minimum Gasteiger partial charge on any atom is -0.352 e. The Morgan fingerprint density at radius 1 is 1.38 bits per heavy atom. The van der Waals surface area contributed by atoms with Crippen LogP contribution in [0, 0.1) is 0 Å². The molecule has 0 saturated heterocycles. The second-order valence-electron chi connectivity index (χ2n) is 4.34. The van der Waals surface area contributed by atoms with E-state index in [0.717, 1.165) is 0 Å². The summed E-state index contributed by atoms with van der Waals surface area (Å²) >= 11 is 5.73. The van der Waals surface area contributed by atoms with E-state index in [1.165, 1.54) is 10.9 Å². The van der Waals surface area contributed by atoms with Crippen LogP contribution in [-0.4, -0.2) is 28.1 Å². The van der Waals surface area contributed by atoms with Crippen molar-refractivity contribution < 1.29 is 9.59 Å². The van der Waals surface area contributed by atoms with E-state index >= 15 is 0 Å². The van der Waals surface area contributed by atoms with Gasteiger partial charge in [-0.3, -0.25) is 14.3 Å². The highest BCUT2D eigenvalue weighted by atomic mass is 35.5. The van der Waals surface area contributed by atoms with E-state index in [2.05, 4.69) is 15.7 Å². The first-order valence-electron chi connectivity index (χ1n) is 6.44. The van der Waals surface area contributed by atoms with Crippen LogP contribution in [0.3, 0.4) is 0 Å². The number of benzene rings is 1. The highest BCUT2D eigenvalue weighted by Gasteiger charge is 2.08. The summed E-state index contributed by atoms with van der Waals surface area (Å²) in [7, 11) is 0. The van der Waals surface area contributed by atoms with Gasteiger partial charge in [0.2, 0.25) is 5.91 Å². The van der Waals surface area contributed by atoms with Gasteiger partial charge in [0, 0.05) is 24.0 Å². The first kappa shape index (κ1) is 15.1. The Balaban J connectivity index is 2.00. The van der Waals surface area contributed by atoms with Crippen LogP contribution >= 0.6 is 11.6 Å². The lowest BCUT2D eigenvalue weighted by atomic mass is 10.2. The van der Waals surface area contributed by atoms with Crippen molar-refractivity contribution in [2.24, 2.45) is 0 Å². The number of hydrogen-bond acceptors (Lipinski definition) is 3. The molecular formula is C14H15ClN4O2. The van der Waals surface area contributed by atoms with Crippen LogP contribution in [0.4, 0.5) is 5.69 Å². The Morgan fingerprint density at radius 2 is 2.19 bits per heavy atom. The molecule has 0 aliphatic rings. The molecule has 0 spiro atoms. The van der Waals surface area contributed by atoms with Gasteiger partial charge in [0.1, 0.15) is 6.54 Å². The van der Waals surface area contributed by atoms with E-state index in [1.807, 2.05) is 6.92 Å². The molecule has 0 unspecified atom stereocenters. The summed E-state index contributed by atoms with van der Waals surface area (Å²) in [4.78, 5) is 23.6. The SMILES string of the molecule is CCNC(=O)c1cccc(NC(=O)Cn2cc(Cl)cn2)c1. The van der Waals surface area contributed by atoms with Crippen molar-refractivity contribution in [2.45, 2.75) is 13.5 Å². The van der Waals surface area contributed by atoms with Gasteiger partial charge in [-0.15, -0.1) is 0 Å². The molecule has 2 amide bonds. The molecule has 6 nitrogen and oxygen atoms in total. The number of rotatable bonds is 5. The first-order chi connectivity index (χ1) is 10.1. The van der Waals surface area contributed by atoms with Crippen LogP contribution in [0.2, 0.25) is 5.02 Å². The lowest BCUT2D eigenvalue weighted by Gasteiger charge is -2.07. The lowest BCUT2D eigenvalue weighted by Crippen LogP contribution is -2.23. The highest BCUT2D eigenvalue weighted by Crippen LogP contribution is 2.11. The van der Waals surface area contributed by atoms with E-state index in [0.29, 0.717) is 22.8 Å². The highest BCUT2D eigenvalue weighted by molar-refractivity contribution is 6.30. The second kappa shape index (κ2) is 6.90. The average molecular weight is 307 g/mol. The molecule has 0 saturated carbocycles. The topological polar surface area (TPSA) is 76.0 Å². The van der Waals surface area contributed by atoms with Gasteiger partial charge in [-0.1, -0.05) is 17.7 Å². The second-order valence-corrected chi connectivity index (χ2v) is 4.78. The summed E-state index contributed by atoms with van der Waals surface area (Å²) in [5, 5.41) is 9.82. The lowest BCUT2D eigenvalue weighted by molar-refractivity contribution is -0.116. The number of hydrogen-bond donors (Lipinski definition) is 2. The fourth-order valence-electron chi connectivity index (χ4n) is 1.77. The number of nitrogens with zero attached hydrogens (tertiary/aromatic N) is 2. The minimum absolute atomic E-state index is 0.0537. The zero-order valence-corrected chi connectivity index (χ0v) is 12.2. The number of carbonyl (C=O) groups is 2. The van der Waals surface area contributed by atoms with Crippen LogP contribution in [0.5, 0.6) is 0 Å². The monoisotopic (exact) mass is 306 g/mol. The number of halogens is 1. The Hall–Kier alpha value is -2.34. The molecule has 110 valence electrons. The number of nitrogens with one attached hydrogen (secondary N) is 2. The first-order valence-corrected chi connectivity index (χ1v) is 6.82. The van der Waals surface area contributed by atoms with E-state index in [1.54, 1.807) is 30.5 Å². The molecule has 0 fully saturated rings. The van der Waals surface area contributed by atoms with Crippen LogP contribution in [0.15, 0.2) is 36.7 Å². The average Bonchev–Trinajstić information content (AvgIpc) is 2.84. The quantitative estimate of drug-likeness (QED) is 0.886. The third-order valence-electron chi connectivity index (χ3n) is 2.65. The fraction of sp³-hybridized carbons (Fsp3) is 0.214. The van der Waals surface area contributed by atoms with Crippen molar-refractivity contribution >= 4 is 29.1 Å². The van der Waals surface area contributed by atoms with Crippen molar-refractivity contribution in [3.05, 3.63) is 47.2 Å². The standard InChI is InChI=1S/C14H15ClN4O2/c1-2-16-14(21)10-4-3-5-12(6-10)18-13(20)9-19-8-11(15)7-17-19/h3-8H,2,9H2,1H3,(H,16,21)(H,18,20). The zero-order valence-electron chi connectivity index (χ0n) is 11.5. The molecule has 1 heterocycles. The van der Waals surface area contributed by atoms with E-state index in [9.17, 15) is 9.59 Å². The summed E-state index contributed by atoms with van der Waals surface area (Å²) in [5.74, 6) is -0.421. The predicted octanol–water partition coefficient (Wildman–Crippen LogP) is 1.92. The molecule has 0 aliphatic heterocycles. The van der Waals surface area contributed by atoms with Crippen molar-refractivity contribution in [3.63, 3.8) is 0 Å². The maximum absolute atomic E-state index is 11.9. The van der Waals surface area contributed by atoms with Crippen LogP contribution in [0.25, 0.3) is 0 Å². The summed E-state index contributed by atoms with van der Waals surface area (Å²) in [6.45, 7) is 2.45. The van der Waals surface area contributed by atoms with Gasteiger partial charge in [0.05, 0.1) is 11.2 Å². The van der Waals surface area contributed by atoms with Crippen LogP contribution in [0.1, 0.15) is 17.3 Å². The van der Waals surface area contributed by atoms with Gasteiger partial charge in [-0.25, -0.2) is 0 Å². The minimum atomic E-state index is -0.247. The number of anilines is 1. The van der Waals surface area contributed by atoms with Gasteiger partial charge in [0.25, 0.3) is 5.91 Å². The van der Waals surface area contributed by atoms with Gasteiger partial charge in [-0.05, 0) is 25.1 Å². The largest absolute Gasteiger partial charge is 0.352 e. The van der Waals surface area contributed by atoms with Crippen molar-refractivity contribution in [3.8, 4) is 0 Å². The molecule has 2 aromatic rings. The Morgan fingerprint density at radius 3 is 2.86 bits per heavy atom. The van der Waals surface area contributed by atoms with Crippen molar-refractivity contribution in [2.75, 3.05) is 11.9 Å². The summed E-state index contributed by atoms with van der Waals surface area (Å²) in [6.07, 6.45) is 3.02. The zero-order chi connectivity index (χ0) is 15.2. The Kier molecular flexibility index (Phi) is 4.94. The molecule has 7 heteroatoms. The molecule has 2 rings (SSSR count). The maximum atomic E-state index is 11.9. The molecule has 21 heavy (non-hydrogen) atoms. The Labute approximate surface area is 127 Å². The predicted molar refractivity (Wildman–Crippen MR) is 80.3 cm³/mol. The molecular weight excluding hydrogens is 292 g/mol. The number of aromatic nitrogens is 2. The third-order valence-corrected chi connectivity index (χ3v) is 2.85. The van der Waals surface area contributed by atoms with Gasteiger partial charge in [0.15, 0.2) is 0 Å². The van der Waals surface area contributed by atoms with Gasteiger partial charge < -0.3 is 10.6 Å². The molecule has 0 atom stereocenters. The summed E-state index contributed by atoms with van der Waals surface area (Å²) in [6, 6.07) is 6.74. The van der Waals surface area contributed by atoms with E-state index < -0.39 is 0 Å². The molecule has 0 bridgehead atoms. The van der Waals surface area contributed by atoms with Crippen LogP contribution < -0.4 is 10.6 Å². The van der Waals surface area contributed by atoms with Gasteiger partial charge in [-0.2, -0.15) is 5.10 Å². The third kappa shape index (κ3) is 4.32. The van der Waals surface area contributed by atoms with Crippen LogP contribution in [-0.2, 0) is 11.3 Å². The fourth-order valence-corrected chi connectivity index (χ4v) is 1.93.